The molecule has 1 aliphatic rings. The van der Waals surface area contributed by atoms with Crippen LogP contribution in [0.15, 0.2) is 18.2 Å². The van der Waals surface area contributed by atoms with Crippen LogP contribution in [0.3, 0.4) is 0 Å². The van der Waals surface area contributed by atoms with Gasteiger partial charge in [-0.1, -0.05) is 6.42 Å². The maximum absolute atomic E-state index is 5.27. The van der Waals surface area contributed by atoms with E-state index in [4.69, 9.17) is 9.72 Å². The highest BCUT2D eigenvalue weighted by Crippen LogP contribution is 2.22. The number of hydrogen-bond acceptors (Lipinski definition) is 3. The van der Waals surface area contributed by atoms with Crippen molar-refractivity contribution in [3.05, 3.63) is 24.0 Å². The van der Waals surface area contributed by atoms with Crippen LogP contribution in [0.2, 0.25) is 0 Å². The summed E-state index contributed by atoms with van der Waals surface area (Å²) >= 11 is 0. The van der Waals surface area contributed by atoms with Gasteiger partial charge in [-0.3, -0.25) is 0 Å². The largest absolute Gasteiger partial charge is 0.497 e. The van der Waals surface area contributed by atoms with Crippen LogP contribution in [-0.2, 0) is 13.5 Å². The van der Waals surface area contributed by atoms with Gasteiger partial charge in [-0.05, 0) is 37.9 Å². The Balaban J connectivity index is 1.75. The van der Waals surface area contributed by atoms with E-state index >= 15 is 0 Å². The van der Waals surface area contributed by atoms with Crippen LogP contribution in [0.1, 0.15) is 31.5 Å². The van der Waals surface area contributed by atoms with Gasteiger partial charge < -0.3 is 14.6 Å². The van der Waals surface area contributed by atoms with E-state index in [1.54, 1.807) is 7.11 Å². The number of nitrogens with zero attached hydrogens (tertiary/aromatic N) is 2. The topological polar surface area (TPSA) is 39.1 Å². The molecule has 108 valence electrons. The van der Waals surface area contributed by atoms with Gasteiger partial charge in [0.2, 0.25) is 0 Å². The smallest absolute Gasteiger partial charge is 0.121 e. The first-order valence-corrected chi connectivity index (χ1v) is 7.50. The maximum atomic E-state index is 5.27. The molecule has 1 aliphatic heterocycles. The number of benzene rings is 1. The number of nitrogens with one attached hydrogen (secondary N) is 1. The highest BCUT2D eigenvalue weighted by molar-refractivity contribution is 5.77. The number of aryl methyl sites for hydroxylation is 2. The Labute approximate surface area is 120 Å². The Morgan fingerprint density at radius 3 is 3.05 bits per heavy atom. The van der Waals surface area contributed by atoms with Crippen LogP contribution in [0.4, 0.5) is 0 Å². The van der Waals surface area contributed by atoms with E-state index in [2.05, 4.69) is 23.0 Å². The minimum Gasteiger partial charge on any atom is -0.497 e. The van der Waals surface area contributed by atoms with Crippen molar-refractivity contribution >= 4 is 11.0 Å². The fourth-order valence-corrected chi connectivity index (χ4v) is 3.05. The first-order valence-electron chi connectivity index (χ1n) is 7.50. The number of imidazole rings is 1. The van der Waals surface area contributed by atoms with Gasteiger partial charge in [0.1, 0.15) is 11.6 Å². The van der Waals surface area contributed by atoms with E-state index in [0.29, 0.717) is 6.04 Å². The highest BCUT2D eigenvalue weighted by Gasteiger charge is 2.14. The summed E-state index contributed by atoms with van der Waals surface area (Å²) in [5, 5.41) is 3.60. The van der Waals surface area contributed by atoms with Crippen LogP contribution in [0, 0.1) is 0 Å². The summed E-state index contributed by atoms with van der Waals surface area (Å²) in [6.45, 7) is 1.17. The predicted octanol–water partition coefficient (Wildman–Crippen LogP) is 2.66. The second-order valence-electron chi connectivity index (χ2n) is 5.63. The van der Waals surface area contributed by atoms with Crippen LogP contribution < -0.4 is 10.1 Å². The van der Waals surface area contributed by atoms with Crippen molar-refractivity contribution in [2.45, 2.75) is 38.1 Å². The van der Waals surface area contributed by atoms with Crippen LogP contribution in [-0.4, -0.2) is 29.2 Å². The molecule has 1 atom stereocenters. The molecule has 20 heavy (non-hydrogen) atoms. The SMILES string of the molecule is COc1ccc2c(c1)nc(CCC1CCCCN1)n2C. The molecule has 1 aromatic heterocycles. The number of rotatable bonds is 4. The van der Waals surface area contributed by atoms with E-state index in [1.165, 1.54) is 43.6 Å². The molecule has 0 aliphatic carbocycles. The second-order valence-corrected chi connectivity index (χ2v) is 5.63. The Morgan fingerprint density at radius 2 is 2.30 bits per heavy atom. The van der Waals surface area contributed by atoms with Crippen molar-refractivity contribution in [3.8, 4) is 5.75 Å². The predicted molar refractivity (Wildman–Crippen MR) is 81.2 cm³/mol. The van der Waals surface area contributed by atoms with Crippen LogP contribution >= 0.6 is 0 Å². The number of fused-ring (bicyclic) bond motifs is 1. The minimum absolute atomic E-state index is 0.665. The van der Waals surface area contributed by atoms with Gasteiger partial charge in [0, 0.05) is 25.6 Å². The van der Waals surface area contributed by atoms with E-state index in [9.17, 15) is 0 Å². The van der Waals surface area contributed by atoms with E-state index in [1.807, 2.05) is 12.1 Å². The van der Waals surface area contributed by atoms with E-state index < -0.39 is 0 Å². The molecule has 4 heteroatoms. The van der Waals surface area contributed by atoms with Gasteiger partial charge in [0.05, 0.1) is 18.1 Å². The molecule has 3 rings (SSSR count). The Kier molecular flexibility index (Phi) is 3.92. The van der Waals surface area contributed by atoms with E-state index in [-0.39, 0.29) is 0 Å². The molecule has 1 N–H and O–H groups in total. The molecule has 0 radical (unpaired) electrons. The highest BCUT2D eigenvalue weighted by atomic mass is 16.5. The monoisotopic (exact) mass is 273 g/mol. The number of ether oxygens (including phenoxy) is 1. The van der Waals surface area contributed by atoms with Gasteiger partial charge >= 0.3 is 0 Å². The summed E-state index contributed by atoms with van der Waals surface area (Å²) in [6, 6.07) is 6.76. The maximum Gasteiger partial charge on any atom is 0.121 e. The lowest BCUT2D eigenvalue weighted by molar-refractivity contribution is 0.380. The number of aromatic nitrogens is 2. The van der Waals surface area contributed by atoms with Gasteiger partial charge in [-0.2, -0.15) is 0 Å². The molecule has 1 unspecified atom stereocenters. The number of methoxy groups -OCH3 is 1. The van der Waals surface area contributed by atoms with Crippen molar-refractivity contribution in [1.29, 1.82) is 0 Å². The normalized spacial score (nSPS) is 19.4. The lowest BCUT2D eigenvalue weighted by atomic mass is 10.0. The lowest BCUT2D eigenvalue weighted by Crippen LogP contribution is -2.34. The zero-order valence-electron chi connectivity index (χ0n) is 12.4. The van der Waals surface area contributed by atoms with Gasteiger partial charge in [0.25, 0.3) is 0 Å². The molecule has 0 spiro atoms. The molecule has 0 amide bonds. The number of hydrogen-bond donors (Lipinski definition) is 1. The minimum atomic E-state index is 0.665. The molecule has 4 nitrogen and oxygen atoms in total. The zero-order valence-corrected chi connectivity index (χ0v) is 12.4. The van der Waals surface area contributed by atoms with Crippen molar-refractivity contribution in [3.63, 3.8) is 0 Å². The van der Waals surface area contributed by atoms with Crippen LogP contribution in [0.25, 0.3) is 11.0 Å². The molecule has 1 fully saturated rings. The average molecular weight is 273 g/mol. The van der Waals surface area contributed by atoms with E-state index in [0.717, 1.165) is 17.7 Å². The third-order valence-electron chi connectivity index (χ3n) is 4.31. The van der Waals surface area contributed by atoms with Gasteiger partial charge in [0.15, 0.2) is 0 Å². The zero-order chi connectivity index (χ0) is 13.9. The molecule has 2 heterocycles. The third kappa shape index (κ3) is 2.66. The van der Waals surface area contributed by atoms with Crippen molar-refractivity contribution in [1.82, 2.24) is 14.9 Å². The summed E-state index contributed by atoms with van der Waals surface area (Å²) in [5.74, 6) is 2.04. The molecule has 0 bridgehead atoms. The molecule has 2 aromatic rings. The lowest BCUT2D eigenvalue weighted by Gasteiger charge is -2.23. The molecular formula is C16H23N3O. The summed E-state index contributed by atoms with van der Waals surface area (Å²) in [5.41, 5.74) is 2.20. The average Bonchev–Trinajstić information content (AvgIpc) is 2.82. The Bertz CT molecular complexity index is 585. The summed E-state index contributed by atoms with van der Waals surface area (Å²) < 4.78 is 7.47. The van der Waals surface area contributed by atoms with Gasteiger partial charge in [-0.15, -0.1) is 0 Å². The number of piperidine rings is 1. The Hall–Kier alpha value is -1.55. The summed E-state index contributed by atoms with van der Waals surface area (Å²) in [4.78, 5) is 4.76. The standard InChI is InChI=1S/C16H23N3O/c1-19-15-8-7-13(20-2)11-14(15)18-16(19)9-6-12-5-3-4-10-17-12/h7-8,11-12,17H,3-6,9-10H2,1-2H3. The van der Waals surface area contributed by atoms with Crippen molar-refractivity contribution in [2.75, 3.05) is 13.7 Å². The summed E-state index contributed by atoms with van der Waals surface area (Å²) in [7, 11) is 3.80. The molecule has 1 saturated heterocycles. The second kappa shape index (κ2) is 5.83. The quantitative estimate of drug-likeness (QED) is 0.931. The fraction of sp³-hybridized carbons (Fsp3) is 0.562. The first-order chi connectivity index (χ1) is 9.78. The summed E-state index contributed by atoms with van der Waals surface area (Å²) in [6.07, 6.45) is 6.19. The van der Waals surface area contributed by atoms with Crippen molar-refractivity contribution in [2.24, 2.45) is 7.05 Å². The molecular weight excluding hydrogens is 250 g/mol. The Morgan fingerprint density at radius 1 is 1.40 bits per heavy atom. The van der Waals surface area contributed by atoms with Crippen LogP contribution in [0.5, 0.6) is 5.75 Å². The molecule has 0 saturated carbocycles. The molecule has 1 aromatic carbocycles. The van der Waals surface area contributed by atoms with Gasteiger partial charge in [-0.25, -0.2) is 4.98 Å². The van der Waals surface area contributed by atoms with Crippen molar-refractivity contribution < 1.29 is 4.74 Å². The fourth-order valence-electron chi connectivity index (χ4n) is 3.05. The first kappa shape index (κ1) is 13.4. The third-order valence-corrected chi connectivity index (χ3v) is 4.31.